The molecule has 1 aromatic heterocycles. The van der Waals surface area contributed by atoms with E-state index in [1.807, 2.05) is 11.6 Å². The van der Waals surface area contributed by atoms with Crippen LogP contribution in [0.3, 0.4) is 0 Å². The highest BCUT2D eigenvalue weighted by Crippen LogP contribution is 2.21. The van der Waals surface area contributed by atoms with Gasteiger partial charge in [-0.3, -0.25) is 0 Å². The molecule has 1 N–H and O–H groups in total. The van der Waals surface area contributed by atoms with Gasteiger partial charge in [-0.05, 0) is 20.3 Å². The van der Waals surface area contributed by atoms with E-state index < -0.39 is 0 Å². The molecule has 0 aliphatic rings. The lowest BCUT2D eigenvalue weighted by atomic mass is 10.1. The average molecular weight is 210 g/mol. The highest BCUT2D eigenvalue weighted by molar-refractivity contribution is 7.09. The van der Waals surface area contributed by atoms with Crippen LogP contribution in [0, 0.1) is 0 Å². The lowest BCUT2D eigenvalue weighted by Crippen LogP contribution is -2.37. The van der Waals surface area contributed by atoms with E-state index in [1.54, 1.807) is 11.3 Å². The first kappa shape index (κ1) is 11.4. The second-order valence-corrected chi connectivity index (χ2v) is 4.81. The highest BCUT2D eigenvalue weighted by Gasteiger charge is 2.21. The van der Waals surface area contributed by atoms with Gasteiger partial charge in [-0.15, -0.1) is 11.3 Å². The van der Waals surface area contributed by atoms with E-state index in [0.717, 1.165) is 18.0 Å². The molecule has 0 aromatic carbocycles. The smallest absolute Gasteiger partial charge is 0.112 e. The standard InChI is InChI=1S/C11H18N2S/c1-5-9(2)8-13-11(3,4)10-12-6-7-14-10/h6-7,13H,2,5,8H2,1,3-4H3. The molecule has 0 atom stereocenters. The Hall–Kier alpha value is -0.670. The Kier molecular flexibility index (Phi) is 3.84. The fraction of sp³-hybridized carbons (Fsp3) is 0.545. The van der Waals surface area contributed by atoms with Crippen LogP contribution in [-0.4, -0.2) is 11.5 Å². The summed E-state index contributed by atoms with van der Waals surface area (Å²) < 4.78 is 0. The Balaban J connectivity index is 2.54. The van der Waals surface area contributed by atoms with Gasteiger partial charge in [0.2, 0.25) is 0 Å². The first-order chi connectivity index (χ1) is 6.56. The predicted molar refractivity (Wildman–Crippen MR) is 62.6 cm³/mol. The zero-order chi connectivity index (χ0) is 10.6. The molecule has 0 unspecified atom stereocenters. The van der Waals surface area contributed by atoms with E-state index in [1.165, 1.54) is 5.57 Å². The predicted octanol–water partition coefficient (Wildman–Crippen LogP) is 2.93. The van der Waals surface area contributed by atoms with Crippen LogP contribution in [-0.2, 0) is 5.54 Å². The second-order valence-electron chi connectivity index (χ2n) is 3.92. The maximum Gasteiger partial charge on any atom is 0.112 e. The third kappa shape index (κ3) is 2.93. The van der Waals surface area contributed by atoms with Crippen molar-refractivity contribution in [2.45, 2.75) is 32.7 Å². The summed E-state index contributed by atoms with van der Waals surface area (Å²) in [7, 11) is 0. The van der Waals surface area contributed by atoms with Crippen LogP contribution in [0.25, 0.3) is 0 Å². The minimum absolute atomic E-state index is 0.0493. The van der Waals surface area contributed by atoms with Crippen molar-refractivity contribution in [1.29, 1.82) is 0 Å². The first-order valence-electron chi connectivity index (χ1n) is 4.88. The number of nitrogens with one attached hydrogen (secondary N) is 1. The number of hydrogen-bond donors (Lipinski definition) is 1. The summed E-state index contributed by atoms with van der Waals surface area (Å²) in [6.07, 6.45) is 2.87. The Morgan fingerprint density at radius 2 is 2.36 bits per heavy atom. The van der Waals surface area contributed by atoms with Crippen LogP contribution in [0.15, 0.2) is 23.7 Å². The summed E-state index contributed by atoms with van der Waals surface area (Å²) in [6.45, 7) is 11.3. The molecule has 78 valence electrons. The molecular formula is C11H18N2S. The molecule has 0 fully saturated rings. The third-order valence-electron chi connectivity index (χ3n) is 2.25. The van der Waals surface area contributed by atoms with E-state index in [4.69, 9.17) is 0 Å². The van der Waals surface area contributed by atoms with Crippen molar-refractivity contribution in [3.8, 4) is 0 Å². The van der Waals surface area contributed by atoms with Crippen molar-refractivity contribution in [2.75, 3.05) is 6.54 Å². The Morgan fingerprint density at radius 3 is 2.86 bits per heavy atom. The number of thiazole rings is 1. The zero-order valence-electron chi connectivity index (χ0n) is 9.13. The highest BCUT2D eigenvalue weighted by atomic mass is 32.1. The van der Waals surface area contributed by atoms with Crippen molar-refractivity contribution in [1.82, 2.24) is 10.3 Å². The van der Waals surface area contributed by atoms with Gasteiger partial charge in [0, 0.05) is 18.1 Å². The first-order valence-corrected chi connectivity index (χ1v) is 5.76. The van der Waals surface area contributed by atoms with Crippen molar-refractivity contribution in [3.63, 3.8) is 0 Å². The van der Waals surface area contributed by atoms with Gasteiger partial charge in [0.1, 0.15) is 5.01 Å². The Morgan fingerprint density at radius 1 is 1.64 bits per heavy atom. The normalized spacial score (nSPS) is 11.6. The lowest BCUT2D eigenvalue weighted by molar-refractivity contribution is 0.417. The minimum Gasteiger partial charge on any atom is -0.302 e. The minimum atomic E-state index is -0.0493. The fourth-order valence-corrected chi connectivity index (χ4v) is 1.82. The third-order valence-corrected chi connectivity index (χ3v) is 3.34. The molecule has 0 radical (unpaired) electrons. The van der Waals surface area contributed by atoms with Crippen molar-refractivity contribution < 1.29 is 0 Å². The molecule has 1 rings (SSSR count). The van der Waals surface area contributed by atoms with E-state index in [9.17, 15) is 0 Å². The van der Waals surface area contributed by atoms with Crippen LogP contribution in [0.4, 0.5) is 0 Å². The summed E-state index contributed by atoms with van der Waals surface area (Å²) in [4.78, 5) is 4.32. The molecular weight excluding hydrogens is 192 g/mol. The maximum absolute atomic E-state index is 4.32. The van der Waals surface area contributed by atoms with E-state index in [0.29, 0.717) is 0 Å². The fourth-order valence-electron chi connectivity index (χ4n) is 1.08. The van der Waals surface area contributed by atoms with Gasteiger partial charge >= 0.3 is 0 Å². The Labute approximate surface area is 90.1 Å². The van der Waals surface area contributed by atoms with Crippen LogP contribution in [0.2, 0.25) is 0 Å². The molecule has 1 heterocycles. The molecule has 0 amide bonds. The molecule has 0 aliphatic heterocycles. The van der Waals surface area contributed by atoms with E-state index >= 15 is 0 Å². The lowest BCUT2D eigenvalue weighted by Gasteiger charge is -2.24. The molecule has 0 saturated carbocycles. The average Bonchev–Trinajstić information content (AvgIpc) is 2.67. The second kappa shape index (κ2) is 4.71. The summed E-state index contributed by atoms with van der Waals surface area (Å²) in [5.41, 5.74) is 1.18. The van der Waals surface area contributed by atoms with Crippen LogP contribution in [0.1, 0.15) is 32.2 Å². The molecule has 2 nitrogen and oxygen atoms in total. The SMILES string of the molecule is C=C(CC)CNC(C)(C)c1nccs1. The Bertz CT molecular complexity index is 288. The summed E-state index contributed by atoms with van der Waals surface area (Å²) >= 11 is 1.69. The number of aromatic nitrogens is 1. The van der Waals surface area contributed by atoms with Crippen molar-refractivity contribution >= 4 is 11.3 Å². The molecule has 0 saturated heterocycles. The van der Waals surface area contributed by atoms with Crippen molar-refractivity contribution in [3.05, 3.63) is 28.7 Å². The van der Waals surface area contributed by atoms with E-state index in [-0.39, 0.29) is 5.54 Å². The monoisotopic (exact) mass is 210 g/mol. The quantitative estimate of drug-likeness (QED) is 0.756. The van der Waals surface area contributed by atoms with Gasteiger partial charge in [-0.1, -0.05) is 19.1 Å². The van der Waals surface area contributed by atoms with Gasteiger partial charge < -0.3 is 5.32 Å². The molecule has 0 bridgehead atoms. The number of hydrogen-bond acceptors (Lipinski definition) is 3. The summed E-state index contributed by atoms with van der Waals surface area (Å²) in [6, 6.07) is 0. The maximum atomic E-state index is 4.32. The van der Waals surface area contributed by atoms with Gasteiger partial charge in [0.25, 0.3) is 0 Å². The van der Waals surface area contributed by atoms with Crippen LogP contribution in [0.5, 0.6) is 0 Å². The topological polar surface area (TPSA) is 24.9 Å². The zero-order valence-corrected chi connectivity index (χ0v) is 9.95. The molecule has 0 aliphatic carbocycles. The van der Waals surface area contributed by atoms with Crippen molar-refractivity contribution in [2.24, 2.45) is 0 Å². The summed E-state index contributed by atoms with van der Waals surface area (Å²) in [5, 5.41) is 6.59. The van der Waals surface area contributed by atoms with Gasteiger partial charge in [-0.2, -0.15) is 0 Å². The number of rotatable bonds is 5. The van der Waals surface area contributed by atoms with Gasteiger partial charge in [0.05, 0.1) is 5.54 Å². The van der Waals surface area contributed by atoms with E-state index in [2.05, 4.69) is 37.7 Å². The van der Waals surface area contributed by atoms with Crippen LogP contribution >= 0.6 is 11.3 Å². The summed E-state index contributed by atoms with van der Waals surface area (Å²) in [5.74, 6) is 0. The molecule has 3 heteroatoms. The number of nitrogens with zero attached hydrogens (tertiary/aromatic N) is 1. The van der Waals surface area contributed by atoms with Crippen LogP contribution < -0.4 is 5.32 Å². The van der Waals surface area contributed by atoms with Gasteiger partial charge in [-0.25, -0.2) is 4.98 Å². The van der Waals surface area contributed by atoms with Gasteiger partial charge in [0.15, 0.2) is 0 Å². The molecule has 1 aromatic rings. The largest absolute Gasteiger partial charge is 0.302 e. The molecule has 14 heavy (non-hydrogen) atoms. The molecule has 0 spiro atoms.